The Kier molecular flexibility index (Phi) is 6.02. The molecule has 0 aliphatic heterocycles. The maximum atomic E-state index is 13.2. The van der Waals surface area contributed by atoms with Crippen molar-refractivity contribution in [3.63, 3.8) is 0 Å². The van der Waals surface area contributed by atoms with Gasteiger partial charge in [0.1, 0.15) is 0 Å². The molecule has 0 atom stereocenters. The van der Waals surface area contributed by atoms with Crippen molar-refractivity contribution in [1.82, 2.24) is 9.78 Å². The average Bonchev–Trinajstić information content (AvgIpc) is 3.32. The zero-order valence-corrected chi connectivity index (χ0v) is 20.1. The molecule has 0 unspecified atom stereocenters. The van der Waals surface area contributed by atoms with E-state index in [0.29, 0.717) is 5.69 Å². The average molecular weight is 458 g/mol. The lowest BCUT2D eigenvalue weighted by molar-refractivity contribution is 0.102. The molecule has 1 heterocycles. The topological polar surface area (TPSA) is 46.9 Å². The Labute approximate surface area is 205 Å². The highest BCUT2D eigenvalue weighted by Crippen LogP contribution is 2.28. The number of rotatable bonds is 5. The fourth-order valence-corrected chi connectivity index (χ4v) is 4.26. The SMILES string of the molecule is Cc1cccc(-n2nc(C(=O)Nc3ccc(C)cc3C)cc2-c2ccc(-c3ccccc3)cc2)c1. The van der Waals surface area contributed by atoms with Crippen molar-refractivity contribution in [3.05, 3.63) is 126 Å². The summed E-state index contributed by atoms with van der Waals surface area (Å²) in [5.74, 6) is -0.231. The molecule has 35 heavy (non-hydrogen) atoms. The highest BCUT2D eigenvalue weighted by molar-refractivity contribution is 6.04. The van der Waals surface area contributed by atoms with Crippen LogP contribution in [0.3, 0.4) is 0 Å². The molecule has 4 heteroatoms. The van der Waals surface area contributed by atoms with Crippen LogP contribution in [-0.2, 0) is 0 Å². The smallest absolute Gasteiger partial charge is 0.276 e. The molecule has 0 radical (unpaired) electrons. The number of carbonyl (C=O) groups is 1. The first-order valence-corrected chi connectivity index (χ1v) is 11.7. The minimum absolute atomic E-state index is 0.231. The maximum absolute atomic E-state index is 13.2. The Morgan fingerprint density at radius 3 is 2.09 bits per heavy atom. The van der Waals surface area contributed by atoms with Crippen molar-refractivity contribution in [3.8, 4) is 28.1 Å². The molecule has 4 aromatic carbocycles. The van der Waals surface area contributed by atoms with Gasteiger partial charge in [-0.2, -0.15) is 5.10 Å². The highest BCUT2D eigenvalue weighted by Gasteiger charge is 2.18. The van der Waals surface area contributed by atoms with E-state index in [1.807, 2.05) is 67.1 Å². The molecular formula is C31H27N3O. The van der Waals surface area contributed by atoms with E-state index in [4.69, 9.17) is 5.10 Å². The van der Waals surface area contributed by atoms with Crippen molar-refractivity contribution >= 4 is 11.6 Å². The lowest BCUT2D eigenvalue weighted by Crippen LogP contribution is -2.14. The molecule has 0 spiro atoms. The molecular weight excluding hydrogens is 430 g/mol. The van der Waals surface area contributed by atoms with Crippen LogP contribution in [0, 0.1) is 20.8 Å². The summed E-state index contributed by atoms with van der Waals surface area (Å²) in [6.45, 7) is 6.08. The van der Waals surface area contributed by atoms with Gasteiger partial charge in [-0.15, -0.1) is 0 Å². The van der Waals surface area contributed by atoms with E-state index in [2.05, 4.69) is 66.8 Å². The highest BCUT2D eigenvalue weighted by atomic mass is 16.2. The van der Waals surface area contributed by atoms with E-state index in [1.165, 1.54) is 5.56 Å². The fraction of sp³-hybridized carbons (Fsp3) is 0.0968. The van der Waals surface area contributed by atoms with Crippen LogP contribution in [0.15, 0.2) is 103 Å². The van der Waals surface area contributed by atoms with E-state index in [9.17, 15) is 4.79 Å². The summed E-state index contributed by atoms with van der Waals surface area (Å²) in [5, 5.41) is 7.75. The van der Waals surface area contributed by atoms with Crippen LogP contribution in [0.4, 0.5) is 5.69 Å². The van der Waals surface area contributed by atoms with Crippen molar-refractivity contribution in [1.29, 1.82) is 0 Å². The lowest BCUT2D eigenvalue weighted by Gasteiger charge is -2.09. The second kappa shape index (κ2) is 9.43. The van der Waals surface area contributed by atoms with Gasteiger partial charge in [0.15, 0.2) is 5.69 Å². The van der Waals surface area contributed by atoms with Gasteiger partial charge in [-0.3, -0.25) is 4.79 Å². The number of aromatic nitrogens is 2. The van der Waals surface area contributed by atoms with Gasteiger partial charge in [0.2, 0.25) is 0 Å². The Hall–Kier alpha value is -4.44. The number of benzene rings is 4. The van der Waals surface area contributed by atoms with E-state index >= 15 is 0 Å². The van der Waals surface area contributed by atoms with E-state index in [1.54, 1.807) is 0 Å². The third-order valence-corrected chi connectivity index (χ3v) is 6.11. The molecule has 0 aliphatic rings. The first-order valence-electron chi connectivity index (χ1n) is 11.7. The van der Waals surface area contributed by atoms with Gasteiger partial charge in [0.05, 0.1) is 11.4 Å². The second-order valence-corrected chi connectivity index (χ2v) is 8.88. The van der Waals surface area contributed by atoms with Crippen molar-refractivity contribution < 1.29 is 4.79 Å². The summed E-state index contributed by atoms with van der Waals surface area (Å²) in [6, 6.07) is 34.6. The molecule has 5 aromatic rings. The zero-order chi connectivity index (χ0) is 24.4. The lowest BCUT2D eigenvalue weighted by atomic mass is 10.0. The predicted octanol–water partition coefficient (Wildman–Crippen LogP) is 7.38. The predicted molar refractivity (Wildman–Crippen MR) is 143 cm³/mol. The quantitative estimate of drug-likeness (QED) is 0.299. The van der Waals surface area contributed by atoms with Crippen molar-refractivity contribution in [2.75, 3.05) is 5.32 Å². The van der Waals surface area contributed by atoms with Gasteiger partial charge >= 0.3 is 0 Å². The zero-order valence-electron chi connectivity index (χ0n) is 20.1. The van der Waals surface area contributed by atoms with Gasteiger partial charge in [0.25, 0.3) is 5.91 Å². The van der Waals surface area contributed by atoms with Crippen LogP contribution in [0.5, 0.6) is 0 Å². The summed E-state index contributed by atoms with van der Waals surface area (Å²) >= 11 is 0. The molecule has 0 saturated carbocycles. The summed E-state index contributed by atoms with van der Waals surface area (Å²) in [4.78, 5) is 13.2. The first kappa shape index (κ1) is 22.4. The second-order valence-electron chi connectivity index (χ2n) is 8.88. The molecule has 0 saturated heterocycles. The monoisotopic (exact) mass is 457 g/mol. The van der Waals surface area contributed by atoms with Gasteiger partial charge in [-0.1, -0.05) is 84.4 Å². The van der Waals surface area contributed by atoms with Crippen LogP contribution in [-0.4, -0.2) is 15.7 Å². The van der Waals surface area contributed by atoms with Crippen LogP contribution in [0.1, 0.15) is 27.2 Å². The standard InChI is InChI=1S/C31H27N3O/c1-21-8-7-11-27(19-21)34-30(26-15-13-25(14-16-26)24-9-5-4-6-10-24)20-29(33-34)31(35)32-28-17-12-22(2)18-23(28)3/h4-20H,1-3H3,(H,32,35). The number of nitrogens with one attached hydrogen (secondary N) is 1. The van der Waals surface area contributed by atoms with Gasteiger partial charge < -0.3 is 5.32 Å². The Balaban J connectivity index is 1.54. The van der Waals surface area contributed by atoms with Gasteiger partial charge in [0, 0.05) is 11.3 Å². The Bertz CT molecular complexity index is 1500. The first-order chi connectivity index (χ1) is 17.0. The molecule has 0 fully saturated rings. The Morgan fingerprint density at radius 2 is 1.37 bits per heavy atom. The Morgan fingerprint density at radius 1 is 0.686 bits per heavy atom. The van der Waals surface area contributed by atoms with Crippen molar-refractivity contribution in [2.45, 2.75) is 20.8 Å². The number of nitrogens with zero attached hydrogens (tertiary/aromatic N) is 2. The molecule has 0 bridgehead atoms. The van der Waals surface area contributed by atoms with Crippen molar-refractivity contribution in [2.24, 2.45) is 0 Å². The van der Waals surface area contributed by atoms with E-state index in [-0.39, 0.29) is 5.91 Å². The normalized spacial score (nSPS) is 10.8. The molecule has 1 N–H and O–H groups in total. The largest absolute Gasteiger partial charge is 0.320 e. The third-order valence-electron chi connectivity index (χ3n) is 6.11. The number of hydrogen-bond donors (Lipinski definition) is 1. The number of carbonyl (C=O) groups excluding carboxylic acids is 1. The maximum Gasteiger partial charge on any atom is 0.276 e. The van der Waals surface area contributed by atoms with E-state index in [0.717, 1.165) is 44.9 Å². The molecule has 0 aliphatic carbocycles. The van der Waals surface area contributed by atoms with E-state index < -0.39 is 0 Å². The summed E-state index contributed by atoms with van der Waals surface area (Å²) < 4.78 is 1.85. The third kappa shape index (κ3) is 4.78. The minimum atomic E-state index is -0.231. The summed E-state index contributed by atoms with van der Waals surface area (Å²) in [5.41, 5.74) is 9.54. The van der Waals surface area contributed by atoms with Gasteiger partial charge in [-0.25, -0.2) is 4.68 Å². The van der Waals surface area contributed by atoms with Crippen LogP contribution >= 0.6 is 0 Å². The number of hydrogen-bond acceptors (Lipinski definition) is 2. The van der Waals surface area contributed by atoms with Gasteiger partial charge in [-0.05, 0) is 67.3 Å². The van der Waals surface area contributed by atoms with Crippen LogP contribution < -0.4 is 5.32 Å². The number of anilines is 1. The summed E-state index contributed by atoms with van der Waals surface area (Å²) in [6.07, 6.45) is 0. The minimum Gasteiger partial charge on any atom is -0.320 e. The molecule has 5 rings (SSSR count). The fourth-order valence-electron chi connectivity index (χ4n) is 4.26. The molecule has 4 nitrogen and oxygen atoms in total. The number of aryl methyl sites for hydroxylation is 3. The van der Waals surface area contributed by atoms with Crippen LogP contribution in [0.2, 0.25) is 0 Å². The molecule has 172 valence electrons. The molecule has 1 aromatic heterocycles. The number of amides is 1. The van der Waals surface area contributed by atoms with Crippen LogP contribution in [0.25, 0.3) is 28.1 Å². The molecule has 1 amide bonds. The summed E-state index contributed by atoms with van der Waals surface area (Å²) in [7, 11) is 0.